The molecule has 0 fully saturated rings. The fourth-order valence-corrected chi connectivity index (χ4v) is 3.35. The standard InChI is InChI=1S/C15H16S/c1-4-12-6-2-8-15(12)13(5-1)9-10-14-7-3-11-16-14/h1,3-5,7,11H,2,6,8-10H2. The van der Waals surface area contributed by atoms with E-state index in [2.05, 4.69) is 35.7 Å². The quantitative estimate of drug-likeness (QED) is 0.744. The molecule has 0 N–H and O–H groups in total. The van der Waals surface area contributed by atoms with Gasteiger partial charge in [-0.05, 0) is 60.2 Å². The molecule has 2 aromatic rings. The second-order valence-corrected chi connectivity index (χ2v) is 5.52. The van der Waals surface area contributed by atoms with Gasteiger partial charge in [0.1, 0.15) is 0 Å². The molecule has 0 aliphatic heterocycles. The van der Waals surface area contributed by atoms with Crippen LogP contribution in [0.1, 0.15) is 28.0 Å². The van der Waals surface area contributed by atoms with E-state index in [1.807, 2.05) is 11.3 Å². The van der Waals surface area contributed by atoms with Gasteiger partial charge in [0.05, 0.1) is 0 Å². The number of aryl methyl sites for hydroxylation is 3. The molecule has 1 heterocycles. The summed E-state index contributed by atoms with van der Waals surface area (Å²) in [6, 6.07) is 11.2. The van der Waals surface area contributed by atoms with E-state index in [4.69, 9.17) is 0 Å². The smallest absolute Gasteiger partial charge is 0.00485 e. The number of hydrogen-bond donors (Lipinski definition) is 0. The molecule has 1 aromatic heterocycles. The Morgan fingerprint density at radius 3 is 2.88 bits per heavy atom. The zero-order valence-corrected chi connectivity index (χ0v) is 10.2. The average molecular weight is 228 g/mol. The Hall–Kier alpha value is -1.08. The number of thiophene rings is 1. The molecule has 0 radical (unpaired) electrons. The maximum absolute atomic E-state index is 2.32. The van der Waals surface area contributed by atoms with Gasteiger partial charge >= 0.3 is 0 Å². The Labute approximate surface area is 101 Å². The second-order valence-electron chi connectivity index (χ2n) is 4.49. The fourth-order valence-electron chi connectivity index (χ4n) is 2.65. The van der Waals surface area contributed by atoms with E-state index in [1.165, 1.54) is 37.0 Å². The van der Waals surface area contributed by atoms with Crippen LogP contribution in [0, 0.1) is 0 Å². The van der Waals surface area contributed by atoms with Crippen LogP contribution in [0.3, 0.4) is 0 Å². The third-order valence-corrected chi connectivity index (χ3v) is 4.40. The molecule has 1 aliphatic carbocycles. The van der Waals surface area contributed by atoms with Gasteiger partial charge < -0.3 is 0 Å². The van der Waals surface area contributed by atoms with Gasteiger partial charge in [-0.3, -0.25) is 0 Å². The van der Waals surface area contributed by atoms with Gasteiger partial charge in [-0.25, -0.2) is 0 Å². The van der Waals surface area contributed by atoms with Crippen molar-refractivity contribution < 1.29 is 0 Å². The molecule has 82 valence electrons. The van der Waals surface area contributed by atoms with Crippen molar-refractivity contribution >= 4 is 11.3 Å². The summed E-state index contributed by atoms with van der Waals surface area (Å²) in [5.74, 6) is 0. The van der Waals surface area contributed by atoms with E-state index in [0.717, 1.165) is 0 Å². The third kappa shape index (κ3) is 1.92. The molecular weight excluding hydrogens is 212 g/mol. The highest BCUT2D eigenvalue weighted by Crippen LogP contribution is 2.26. The van der Waals surface area contributed by atoms with Crippen LogP contribution in [-0.2, 0) is 25.7 Å². The number of benzene rings is 1. The first-order valence-electron chi connectivity index (χ1n) is 6.05. The van der Waals surface area contributed by atoms with Gasteiger partial charge in [-0.2, -0.15) is 0 Å². The molecule has 0 bridgehead atoms. The van der Waals surface area contributed by atoms with Crippen LogP contribution in [-0.4, -0.2) is 0 Å². The summed E-state index contributed by atoms with van der Waals surface area (Å²) in [5, 5.41) is 2.17. The number of hydrogen-bond acceptors (Lipinski definition) is 1. The molecule has 0 spiro atoms. The fraction of sp³-hybridized carbons (Fsp3) is 0.333. The highest BCUT2D eigenvalue weighted by atomic mass is 32.1. The zero-order chi connectivity index (χ0) is 10.8. The molecule has 0 nitrogen and oxygen atoms in total. The van der Waals surface area contributed by atoms with Gasteiger partial charge in [0, 0.05) is 4.88 Å². The van der Waals surface area contributed by atoms with Crippen molar-refractivity contribution in [3.63, 3.8) is 0 Å². The van der Waals surface area contributed by atoms with Gasteiger partial charge in [-0.1, -0.05) is 24.3 Å². The normalized spacial score (nSPS) is 14.0. The summed E-state index contributed by atoms with van der Waals surface area (Å²) >= 11 is 1.88. The van der Waals surface area contributed by atoms with E-state index in [0.29, 0.717) is 0 Å². The Kier molecular flexibility index (Phi) is 2.79. The lowest BCUT2D eigenvalue weighted by Gasteiger charge is -2.07. The largest absolute Gasteiger partial charge is 0.149 e. The predicted octanol–water partition coefficient (Wildman–Crippen LogP) is 4.02. The van der Waals surface area contributed by atoms with Crippen LogP contribution in [0.4, 0.5) is 0 Å². The summed E-state index contributed by atoms with van der Waals surface area (Å²) in [4.78, 5) is 1.51. The molecular formula is C15H16S. The summed E-state index contributed by atoms with van der Waals surface area (Å²) in [7, 11) is 0. The molecule has 3 rings (SSSR count). The van der Waals surface area contributed by atoms with Crippen molar-refractivity contribution in [1.82, 2.24) is 0 Å². The van der Waals surface area contributed by atoms with E-state index in [1.54, 1.807) is 16.7 Å². The minimum atomic E-state index is 1.20. The van der Waals surface area contributed by atoms with Crippen molar-refractivity contribution in [2.45, 2.75) is 32.1 Å². The lowest BCUT2D eigenvalue weighted by molar-refractivity contribution is 0.896. The van der Waals surface area contributed by atoms with Crippen molar-refractivity contribution in [1.29, 1.82) is 0 Å². The maximum atomic E-state index is 2.32. The van der Waals surface area contributed by atoms with E-state index >= 15 is 0 Å². The summed E-state index contributed by atoms with van der Waals surface area (Å²) < 4.78 is 0. The summed E-state index contributed by atoms with van der Waals surface area (Å²) in [5.41, 5.74) is 4.84. The Balaban J connectivity index is 1.78. The lowest BCUT2D eigenvalue weighted by atomic mass is 9.99. The topological polar surface area (TPSA) is 0 Å². The minimum Gasteiger partial charge on any atom is -0.149 e. The Morgan fingerprint density at radius 1 is 1.00 bits per heavy atom. The minimum absolute atomic E-state index is 1.20. The van der Waals surface area contributed by atoms with Gasteiger partial charge in [-0.15, -0.1) is 11.3 Å². The highest BCUT2D eigenvalue weighted by molar-refractivity contribution is 7.09. The molecule has 1 aliphatic rings. The Morgan fingerprint density at radius 2 is 2.00 bits per heavy atom. The molecule has 1 aromatic carbocycles. The lowest BCUT2D eigenvalue weighted by Crippen LogP contribution is -1.95. The predicted molar refractivity (Wildman–Crippen MR) is 70.2 cm³/mol. The monoisotopic (exact) mass is 228 g/mol. The number of fused-ring (bicyclic) bond motifs is 1. The molecule has 1 heteroatoms. The highest BCUT2D eigenvalue weighted by Gasteiger charge is 2.13. The third-order valence-electron chi connectivity index (χ3n) is 3.46. The van der Waals surface area contributed by atoms with Crippen molar-refractivity contribution in [3.8, 4) is 0 Å². The van der Waals surface area contributed by atoms with Gasteiger partial charge in [0.15, 0.2) is 0 Å². The maximum Gasteiger partial charge on any atom is 0.00485 e. The van der Waals surface area contributed by atoms with Crippen LogP contribution in [0.15, 0.2) is 35.7 Å². The number of rotatable bonds is 3. The SMILES string of the molecule is c1csc(CCc2cccc3c2CCC3)c1. The van der Waals surface area contributed by atoms with E-state index in [9.17, 15) is 0 Å². The molecule has 0 saturated heterocycles. The van der Waals surface area contributed by atoms with Crippen molar-refractivity contribution in [3.05, 3.63) is 57.3 Å². The van der Waals surface area contributed by atoms with E-state index in [-0.39, 0.29) is 0 Å². The van der Waals surface area contributed by atoms with Crippen LogP contribution in [0.25, 0.3) is 0 Å². The molecule has 0 unspecified atom stereocenters. The molecule has 0 saturated carbocycles. The Bertz CT molecular complexity index is 468. The average Bonchev–Trinajstić information content (AvgIpc) is 2.97. The van der Waals surface area contributed by atoms with Crippen molar-refractivity contribution in [2.24, 2.45) is 0 Å². The summed E-state index contributed by atoms with van der Waals surface area (Å²) in [6.45, 7) is 0. The van der Waals surface area contributed by atoms with Crippen LogP contribution in [0.5, 0.6) is 0 Å². The first kappa shape index (κ1) is 10.1. The van der Waals surface area contributed by atoms with Crippen molar-refractivity contribution in [2.75, 3.05) is 0 Å². The van der Waals surface area contributed by atoms with Crippen LogP contribution >= 0.6 is 11.3 Å². The summed E-state index contributed by atoms with van der Waals surface area (Å²) in [6.07, 6.45) is 6.36. The van der Waals surface area contributed by atoms with Gasteiger partial charge in [0.25, 0.3) is 0 Å². The van der Waals surface area contributed by atoms with E-state index < -0.39 is 0 Å². The molecule has 16 heavy (non-hydrogen) atoms. The zero-order valence-electron chi connectivity index (χ0n) is 9.41. The van der Waals surface area contributed by atoms with Gasteiger partial charge in [0.2, 0.25) is 0 Å². The first-order chi connectivity index (χ1) is 7.93. The van der Waals surface area contributed by atoms with Crippen LogP contribution < -0.4 is 0 Å². The second kappa shape index (κ2) is 4.42. The molecule has 0 amide bonds. The van der Waals surface area contributed by atoms with Crippen LogP contribution in [0.2, 0.25) is 0 Å². The molecule has 0 atom stereocenters. The first-order valence-corrected chi connectivity index (χ1v) is 6.93.